The maximum absolute atomic E-state index is 13.2. The van der Waals surface area contributed by atoms with Crippen LogP contribution < -0.4 is 9.04 Å². The molecule has 0 atom stereocenters. The van der Waals surface area contributed by atoms with Gasteiger partial charge in [-0.3, -0.25) is 0 Å². The Labute approximate surface area is 162 Å². The molecule has 2 heterocycles. The predicted molar refractivity (Wildman–Crippen MR) is 98.4 cm³/mol. The van der Waals surface area contributed by atoms with Gasteiger partial charge in [0.2, 0.25) is 5.82 Å². The lowest BCUT2D eigenvalue weighted by Gasteiger charge is -2.22. The number of carbonyl (C=O) groups is 1. The van der Waals surface area contributed by atoms with Gasteiger partial charge in [0.25, 0.3) is 15.9 Å². The minimum atomic E-state index is -4.50. The van der Waals surface area contributed by atoms with Crippen LogP contribution in [0.15, 0.2) is 29.4 Å². The number of nitrogens with zero attached hydrogens (tertiary/aromatic N) is 4. The quantitative estimate of drug-likeness (QED) is 0.663. The Bertz CT molecular complexity index is 936. The number of rotatable bonds is 6. The molecule has 2 aromatic heterocycles. The summed E-state index contributed by atoms with van der Waals surface area (Å²) in [6.07, 6.45) is 1.48. The van der Waals surface area contributed by atoms with Crippen LogP contribution >= 0.6 is 11.6 Å². The van der Waals surface area contributed by atoms with E-state index in [2.05, 4.69) is 15.0 Å². The highest BCUT2D eigenvalue weighted by Gasteiger charge is 2.38. The van der Waals surface area contributed by atoms with E-state index in [1.807, 2.05) is 13.8 Å². The van der Waals surface area contributed by atoms with Gasteiger partial charge in [-0.05, 0) is 25.0 Å². The summed E-state index contributed by atoms with van der Waals surface area (Å²) >= 11 is 5.94. The largest absolute Gasteiger partial charge is 0.478 e. The van der Waals surface area contributed by atoms with E-state index in [1.54, 1.807) is 6.92 Å². The minimum absolute atomic E-state index is 0.00717. The molecule has 11 heteroatoms. The summed E-state index contributed by atoms with van der Waals surface area (Å²) in [6, 6.07) is 2.61. The Balaban J connectivity index is 2.64. The van der Waals surface area contributed by atoms with Gasteiger partial charge in [0.1, 0.15) is 10.0 Å². The van der Waals surface area contributed by atoms with Crippen LogP contribution in [0.1, 0.15) is 19.5 Å². The van der Waals surface area contributed by atoms with Gasteiger partial charge in [-0.15, -0.1) is 4.31 Å². The molecule has 0 fully saturated rings. The Kier molecular flexibility index (Phi) is 6.55. The van der Waals surface area contributed by atoms with Crippen molar-refractivity contribution in [2.45, 2.75) is 25.7 Å². The van der Waals surface area contributed by atoms with Crippen LogP contribution in [0.4, 0.5) is 10.6 Å². The van der Waals surface area contributed by atoms with Crippen molar-refractivity contribution in [1.29, 1.82) is 0 Å². The van der Waals surface area contributed by atoms with Crippen molar-refractivity contribution in [3.8, 4) is 5.88 Å². The van der Waals surface area contributed by atoms with Gasteiger partial charge >= 0.3 is 6.09 Å². The molecule has 0 bridgehead atoms. The van der Waals surface area contributed by atoms with E-state index in [-0.39, 0.29) is 34.3 Å². The summed E-state index contributed by atoms with van der Waals surface area (Å²) in [7, 11) is -3.21. The van der Waals surface area contributed by atoms with Gasteiger partial charge in [0.15, 0.2) is 0 Å². The van der Waals surface area contributed by atoms with Crippen LogP contribution in [-0.4, -0.2) is 43.2 Å². The standard InChI is InChI=1S/C16H19ClN4O5S/c1-10(2)9-26-16(22)21(14-15(25-4)20-11(3)8-19-14)27(23,24)12-6-5-7-18-13(12)17/h5-8,10H,9H2,1-4H3. The monoisotopic (exact) mass is 414 g/mol. The lowest BCUT2D eigenvalue weighted by Crippen LogP contribution is -2.39. The van der Waals surface area contributed by atoms with Gasteiger partial charge in [-0.2, -0.15) is 0 Å². The summed E-state index contributed by atoms with van der Waals surface area (Å²) in [5.74, 6) is -0.497. The molecule has 146 valence electrons. The Morgan fingerprint density at radius 3 is 2.63 bits per heavy atom. The van der Waals surface area contributed by atoms with Crippen molar-refractivity contribution in [2.75, 3.05) is 18.0 Å². The summed E-state index contributed by atoms with van der Waals surface area (Å²) < 4.78 is 36.9. The molecule has 9 nitrogen and oxygen atoms in total. The molecule has 0 unspecified atom stereocenters. The van der Waals surface area contributed by atoms with E-state index in [0.29, 0.717) is 10.00 Å². The third-order valence-corrected chi connectivity index (χ3v) is 5.28. The molecule has 0 aliphatic carbocycles. The second-order valence-electron chi connectivity index (χ2n) is 5.88. The molecule has 0 aliphatic rings. The van der Waals surface area contributed by atoms with Gasteiger partial charge in [0.05, 0.1) is 25.6 Å². The highest BCUT2D eigenvalue weighted by atomic mass is 35.5. The first-order valence-electron chi connectivity index (χ1n) is 7.88. The lowest BCUT2D eigenvalue weighted by atomic mass is 10.2. The van der Waals surface area contributed by atoms with Crippen LogP contribution in [0.25, 0.3) is 0 Å². The zero-order chi connectivity index (χ0) is 20.2. The average Bonchev–Trinajstić information content (AvgIpc) is 2.61. The van der Waals surface area contributed by atoms with Crippen LogP contribution in [0.2, 0.25) is 5.15 Å². The lowest BCUT2D eigenvalue weighted by molar-refractivity contribution is 0.143. The van der Waals surface area contributed by atoms with Crippen molar-refractivity contribution in [2.24, 2.45) is 5.92 Å². The summed E-state index contributed by atoms with van der Waals surface area (Å²) in [6.45, 7) is 5.28. The number of halogens is 1. The summed E-state index contributed by atoms with van der Waals surface area (Å²) in [4.78, 5) is 24.1. The zero-order valence-corrected chi connectivity index (χ0v) is 16.8. The number of ether oxygens (including phenoxy) is 2. The molecular formula is C16H19ClN4O5S. The molecule has 0 saturated carbocycles. The van der Waals surface area contributed by atoms with E-state index < -0.39 is 16.1 Å². The van der Waals surface area contributed by atoms with E-state index in [4.69, 9.17) is 21.1 Å². The number of hydrogen-bond acceptors (Lipinski definition) is 8. The molecular weight excluding hydrogens is 396 g/mol. The van der Waals surface area contributed by atoms with Crippen molar-refractivity contribution in [1.82, 2.24) is 15.0 Å². The molecule has 0 aromatic carbocycles. The number of methoxy groups -OCH3 is 1. The zero-order valence-electron chi connectivity index (χ0n) is 15.2. The highest BCUT2D eigenvalue weighted by Crippen LogP contribution is 2.31. The van der Waals surface area contributed by atoms with E-state index in [0.717, 1.165) is 0 Å². The summed E-state index contributed by atoms with van der Waals surface area (Å²) in [5, 5.41) is -0.293. The first-order valence-corrected chi connectivity index (χ1v) is 9.70. The van der Waals surface area contributed by atoms with Gasteiger partial charge < -0.3 is 9.47 Å². The first-order chi connectivity index (χ1) is 12.7. The molecule has 2 rings (SSSR count). The fourth-order valence-corrected chi connectivity index (χ4v) is 3.71. The topological polar surface area (TPSA) is 112 Å². The molecule has 1 amide bonds. The fraction of sp³-hybridized carbons (Fsp3) is 0.375. The maximum Gasteiger partial charge on any atom is 0.430 e. The first kappa shape index (κ1) is 20.8. The SMILES string of the molecule is COc1nc(C)cnc1N(C(=O)OCC(C)C)S(=O)(=O)c1cccnc1Cl. The Hall–Kier alpha value is -2.46. The molecule has 2 aromatic rings. The van der Waals surface area contributed by atoms with Crippen LogP contribution in [0.5, 0.6) is 5.88 Å². The normalized spacial score (nSPS) is 11.3. The Morgan fingerprint density at radius 1 is 1.33 bits per heavy atom. The second-order valence-corrected chi connectivity index (χ2v) is 7.99. The smallest absolute Gasteiger partial charge is 0.430 e. The average molecular weight is 415 g/mol. The van der Waals surface area contributed by atoms with E-state index in [9.17, 15) is 13.2 Å². The third-order valence-electron chi connectivity index (χ3n) is 3.18. The number of pyridine rings is 1. The number of hydrogen-bond donors (Lipinski definition) is 0. The van der Waals surface area contributed by atoms with Crippen molar-refractivity contribution >= 4 is 33.5 Å². The number of amides is 1. The number of carbonyl (C=O) groups excluding carboxylic acids is 1. The van der Waals surface area contributed by atoms with Crippen molar-refractivity contribution in [3.05, 3.63) is 35.4 Å². The number of aryl methyl sites for hydroxylation is 1. The van der Waals surface area contributed by atoms with Gasteiger partial charge in [-0.25, -0.2) is 28.2 Å². The van der Waals surface area contributed by atoms with Crippen LogP contribution in [0, 0.1) is 12.8 Å². The third kappa shape index (κ3) is 4.64. The minimum Gasteiger partial charge on any atom is -0.478 e. The molecule has 0 radical (unpaired) electrons. The number of aromatic nitrogens is 3. The molecule has 0 saturated heterocycles. The van der Waals surface area contributed by atoms with E-state index >= 15 is 0 Å². The highest BCUT2D eigenvalue weighted by molar-refractivity contribution is 7.93. The molecule has 0 aliphatic heterocycles. The summed E-state index contributed by atoms with van der Waals surface area (Å²) in [5.41, 5.74) is 0.475. The van der Waals surface area contributed by atoms with Crippen molar-refractivity contribution in [3.63, 3.8) is 0 Å². The molecule has 0 N–H and O–H groups in total. The van der Waals surface area contributed by atoms with Crippen LogP contribution in [0.3, 0.4) is 0 Å². The predicted octanol–water partition coefficient (Wildman–Crippen LogP) is 2.83. The van der Waals surface area contributed by atoms with Gasteiger partial charge in [-0.1, -0.05) is 25.4 Å². The van der Waals surface area contributed by atoms with E-state index in [1.165, 1.54) is 31.6 Å². The van der Waals surface area contributed by atoms with Crippen molar-refractivity contribution < 1.29 is 22.7 Å². The van der Waals surface area contributed by atoms with Gasteiger partial charge in [0, 0.05) is 6.20 Å². The fourth-order valence-electron chi connectivity index (χ4n) is 1.98. The van der Waals surface area contributed by atoms with Crippen LogP contribution in [-0.2, 0) is 14.8 Å². The Morgan fingerprint density at radius 2 is 2.04 bits per heavy atom. The number of sulfonamides is 1. The molecule has 0 spiro atoms. The molecule has 27 heavy (non-hydrogen) atoms. The maximum atomic E-state index is 13.2. The second kappa shape index (κ2) is 8.49. The number of anilines is 1.